The summed E-state index contributed by atoms with van der Waals surface area (Å²) >= 11 is 0. The SMILES string of the molecule is CN=C(NCCCN1CCN(C)CC1c1ccccc1)NCc1cccc(OC)c1.I. The predicted molar refractivity (Wildman–Crippen MR) is 139 cm³/mol. The molecule has 0 saturated carbocycles. The molecule has 0 bridgehead atoms. The van der Waals surface area contributed by atoms with Crippen LogP contribution in [0.1, 0.15) is 23.6 Å². The van der Waals surface area contributed by atoms with E-state index < -0.39 is 0 Å². The van der Waals surface area contributed by atoms with Crippen LogP contribution in [0.4, 0.5) is 0 Å². The molecule has 1 atom stereocenters. The van der Waals surface area contributed by atoms with E-state index >= 15 is 0 Å². The first-order chi connectivity index (χ1) is 14.7. The summed E-state index contributed by atoms with van der Waals surface area (Å²) in [6, 6.07) is 19.4. The van der Waals surface area contributed by atoms with E-state index in [9.17, 15) is 0 Å². The molecule has 3 rings (SSSR count). The largest absolute Gasteiger partial charge is 0.497 e. The minimum Gasteiger partial charge on any atom is -0.497 e. The Morgan fingerprint density at radius 1 is 1.10 bits per heavy atom. The minimum absolute atomic E-state index is 0. The average molecular weight is 537 g/mol. The van der Waals surface area contributed by atoms with Gasteiger partial charge in [0.1, 0.15) is 5.75 Å². The number of guanidine groups is 1. The van der Waals surface area contributed by atoms with Crippen LogP contribution in [-0.4, -0.2) is 69.7 Å². The maximum atomic E-state index is 5.29. The van der Waals surface area contributed by atoms with Crippen LogP contribution in [0.2, 0.25) is 0 Å². The zero-order chi connectivity index (χ0) is 21.2. The lowest BCUT2D eigenvalue weighted by atomic mass is 10.0. The van der Waals surface area contributed by atoms with Gasteiger partial charge < -0.3 is 20.3 Å². The van der Waals surface area contributed by atoms with Gasteiger partial charge in [-0.05, 0) is 36.7 Å². The Hall–Kier alpha value is -1.84. The van der Waals surface area contributed by atoms with Crippen molar-refractivity contribution >= 4 is 29.9 Å². The van der Waals surface area contributed by atoms with E-state index in [1.165, 1.54) is 11.1 Å². The first kappa shape index (κ1) is 25.4. The van der Waals surface area contributed by atoms with Crippen molar-refractivity contribution in [2.45, 2.75) is 19.0 Å². The van der Waals surface area contributed by atoms with Crippen LogP contribution in [0.3, 0.4) is 0 Å². The number of hydrogen-bond acceptors (Lipinski definition) is 4. The molecule has 0 amide bonds. The van der Waals surface area contributed by atoms with Crippen molar-refractivity contribution in [3.05, 3.63) is 65.7 Å². The summed E-state index contributed by atoms with van der Waals surface area (Å²) in [4.78, 5) is 9.39. The predicted octanol–water partition coefficient (Wildman–Crippen LogP) is 3.36. The van der Waals surface area contributed by atoms with Gasteiger partial charge in [0.05, 0.1) is 7.11 Å². The number of nitrogens with one attached hydrogen (secondary N) is 2. The van der Waals surface area contributed by atoms with Crippen LogP contribution in [0, 0.1) is 0 Å². The number of nitrogens with zero attached hydrogens (tertiary/aromatic N) is 3. The van der Waals surface area contributed by atoms with Crippen LogP contribution in [0.25, 0.3) is 0 Å². The van der Waals surface area contributed by atoms with Gasteiger partial charge in [0, 0.05) is 52.4 Å². The summed E-state index contributed by atoms with van der Waals surface area (Å²) < 4.78 is 5.29. The lowest BCUT2D eigenvalue weighted by Crippen LogP contribution is -2.47. The van der Waals surface area contributed by atoms with Crippen LogP contribution in [0.15, 0.2) is 59.6 Å². The summed E-state index contributed by atoms with van der Waals surface area (Å²) in [6.45, 7) is 6.00. The van der Waals surface area contributed by atoms with E-state index in [1.807, 2.05) is 25.2 Å². The second-order valence-corrected chi connectivity index (χ2v) is 7.78. The van der Waals surface area contributed by atoms with Crippen molar-refractivity contribution in [2.24, 2.45) is 4.99 Å². The Morgan fingerprint density at radius 2 is 1.90 bits per heavy atom. The van der Waals surface area contributed by atoms with Crippen molar-refractivity contribution < 1.29 is 4.74 Å². The number of benzene rings is 2. The zero-order valence-electron chi connectivity index (χ0n) is 18.9. The number of ether oxygens (including phenoxy) is 1. The molecule has 1 saturated heterocycles. The number of methoxy groups -OCH3 is 1. The summed E-state index contributed by atoms with van der Waals surface area (Å²) in [7, 11) is 5.72. The molecule has 170 valence electrons. The highest BCUT2D eigenvalue weighted by atomic mass is 127. The van der Waals surface area contributed by atoms with Crippen LogP contribution < -0.4 is 15.4 Å². The summed E-state index contributed by atoms with van der Waals surface area (Å²) in [5.41, 5.74) is 2.58. The maximum absolute atomic E-state index is 5.29. The first-order valence-corrected chi connectivity index (χ1v) is 10.7. The number of piperazine rings is 1. The highest BCUT2D eigenvalue weighted by molar-refractivity contribution is 14.0. The van der Waals surface area contributed by atoms with Crippen molar-refractivity contribution in [1.29, 1.82) is 0 Å². The third-order valence-corrected chi connectivity index (χ3v) is 5.61. The van der Waals surface area contributed by atoms with E-state index in [1.54, 1.807) is 7.11 Å². The fourth-order valence-corrected chi connectivity index (χ4v) is 3.89. The van der Waals surface area contributed by atoms with Crippen LogP contribution in [0.5, 0.6) is 5.75 Å². The molecule has 7 heteroatoms. The Kier molecular flexibility index (Phi) is 11.1. The molecular formula is C24H36IN5O. The Morgan fingerprint density at radius 3 is 2.65 bits per heavy atom. The van der Waals surface area contributed by atoms with Gasteiger partial charge in [-0.15, -0.1) is 24.0 Å². The quantitative estimate of drug-likeness (QED) is 0.234. The van der Waals surface area contributed by atoms with Crippen LogP contribution >= 0.6 is 24.0 Å². The topological polar surface area (TPSA) is 52.1 Å². The maximum Gasteiger partial charge on any atom is 0.191 e. The molecule has 0 aromatic heterocycles. The van der Waals surface area contributed by atoms with E-state index in [-0.39, 0.29) is 24.0 Å². The molecule has 1 fully saturated rings. The third kappa shape index (κ3) is 7.97. The van der Waals surface area contributed by atoms with Gasteiger partial charge in [0.15, 0.2) is 5.96 Å². The van der Waals surface area contributed by atoms with Gasteiger partial charge in [0.2, 0.25) is 0 Å². The highest BCUT2D eigenvalue weighted by Gasteiger charge is 2.25. The molecule has 1 aliphatic heterocycles. The van der Waals surface area contributed by atoms with Gasteiger partial charge in [-0.2, -0.15) is 0 Å². The van der Waals surface area contributed by atoms with E-state index in [4.69, 9.17) is 4.74 Å². The molecule has 2 aromatic carbocycles. The van der Waals surface area contributed by atoms with Crippen molar-refractivity contribution in [2.75, 3.05) is 53.9 Å². The molecule has 0 aliphatic carbocycles. The van der Waals surface area contributed by atoms with Crippen molar-refractivity contribution in [1.82, 2.24) is 20.4 Å². The van der Waals surface area contributed by atoms with Gasteiger partial charge in [-0.25, -0.2) is 0 Å². The Labute approximate surface area is 204 Å². The molecule has 1 heterocycles. The third-order valence-electron chi connectivity index (χ3n) is 5.61. The minimum atomic E-state index is 0. The number of rotatable bonds is 8. The monoisotopic (exact) mass is 537 g/mol. The van der Waals surface area contributed by atoms with Crippen molar-refractivity contribution in [3.8, 4) is 5.75 Å². The Balaban J connectivity index is 0.00000341. The first-order valence-electron chi connectivity index (χ1n) is 10.7. The average Bonchev–Trinajstić information content (AvgIpc) is 2.80. The molecule has 2 aromatic rings. The molecule has 1 aliphatic rings. The molecule has 2 N–H and O–H groups in total. The van der Waals surface area contributed by atoms with Crippen LogP contribution in [-0.2, 0) is 6.54 Å². The molecule has 6 nitrogen and oxygen atoms in total. The van der Waals surface area contributed by atoms with E-state index in [0.717, 1.165) is 50.9 Å². The van der Waals surface area contributed by atoms with E-state index in [0.29, 0.717) is 12.6 Å². The van der Waals surface area contributed by atoms with E-state index in [2.05, 4.69) is 68.9 Å². The fourth-order valence-electron chi connectivity index (χ4n) is 3.89. The number of likely N-dealkylation sites (N-methyl/N-ethyl adjacent to an activating group) is 1. The number of hydrogen-bond donors (Lipinski definition) is 2. The summed E-state index contributed by atoms with van der Waals surface area (Å²) in [5, 5.41) is 6.82. The molecular weight excluding hydrogens is 501 g/mol. The van der Waals surface area contributed by atoms with Gasteiger partial charge >= 0.3 is 0 Å². The molecule has 0 spiro atoms. The number of halogens is 1. The van der Waals surface area contributed by atoms with Gasteiger partial charge in [0.25, 0.3) is 0 Å². The second kappa shape index (κ2) is 13.5. The summed E-state index contributed by atoms with van der Waals surface area (Å²) in [5.74, 6) is 1.70. The molecule has 0 radical (unpaired) electrons. The van der Waals surface area contributed by atoms with Gasteiger partial charge in [-0.1, -0.05) is 42.5 Å². The molecule has 31 heavy (non-hydrogen) atoms. The molecule has 1 unspecified atom stereocenters. The fraction of sp³-hybridized carbons (Fsp3) is 0.458. The lowest BCUT2D eigenvalue weighted by Gasteiger charge is -2.40. The second-order valence-electron chi connectivity index (χ2n) is 7.78. The summed E-state index contributed by atoms with van der Waals surface area (Å²) in [6.07, 6.45) is 1.08. The van der Waals surface area contributed by atoms with Gasteiger partial charge in [-0.3, -0.25) is 9.89 Å². The zero-order valence-corrected chi connectivity index (χ0v) is 21.2. The van der Waals surface area contributed by atoms with Crippen molar-refractivity contribution in [3.63, 3.8) is 0 Å². The Bertz CT molecular complexity index is 802. The smallest absolute Gasteiger partial charge is 0.191 e. The highest BCUT2D eigenvalue weighted by Crippen LogP contribution is 2.24. The lowest BCUT2D eigenvalue weighted by molar-refractivity contribution is 0.0891. The number of aliphatic imine (C=N–C) groups is 1. The normalized spacial score (nSPS) is 17.6. The standard InChI is InChI=1S/C24H35N5O.HI/c1-25-24(27-18-20-9-7-12-22(17-20)30-3)26-13-8-14-29-16-15-28(2)19-23(29)21-10-5-4-6-11-21;/h4-7,9-12,17,23H,8,13-16,18-19H2,1-3H3,(H2,25,26,27);1H.